The van der Waals surface area contributed by atoms with Gasteiger partial charge in [0.05, 0.1) is 6.04 Å². The second-order valence-electron chi connectivity index (χ2n) is 6.68. The van der Waals surface area contributed by atoms with Gasteiger partial charge in [-0.1, -0.05) is 72.8 Å². The van der Waals surface area contributed by atoms with Crippen molar-refractivity contribution in [1.82, 2.24) is 5.32 Å². The molecule has 0 aliphatic heterocycles. The first-order valence-corrected chi connectivity index (χ1v) is 9.02. The van der Waals surface area contributed by atoms with Crippen molar-refractivity contribution in [1.29, 1.82) is 0 Å². The minimum absolute atomic E-state index is 0.0858. The summed E-state index contributed by atoms with van der Waals surface area (Å²) in [6.45, 7) is -0.0858. The lowest BCUT2D eigenvalue weighted by atomic mass is 9.98. The number of nitrogens with one attached hydrogen (secondary N) is 1. The maximum atomic E-state index is 13.1. The van der Waals surface area contributed by atoms with Crippen molar-refractivity contribution in [2.75, 3.05) is 0 Å². The number of alkyl halides is 3. The van der Waals surface area contributed by atoms with Crippen LogP contribution in [0.1, 0.15) is 11.1 Å². The third-order valence-electron chi connectivity index (χ3n) is 4.50. The molecule has 7 heteroatoms. The molecule has 152 valence electrons. The third kappa shape index (κ3) is 5.71. The lowest BCUT2D eigenvalue weighted by Gasteiger charge is -2.26. The molecule has 0 aliphatic carbocycles. The van der Waals surface area contributed by atoms with Crippen molar-refractivity contribution >= 4 is 16.9 Å². The molecular formula is C22H20F3NO3. The Morgan fingerprint density at radius 1 is 0.931 bits per heavy atom. The number of rotatable bonds is 6. The molecule has 0 saturated heterocycles. The fourth-order valence-corrected chi connectivity index (χ4v) is 3.01. The summed E-state index contributed by atoms with van der Waals surface area (Å²) < 4.78 is 44.3. The Balaban J connectivity index is 1.72. The molecule has 2 unspecified atom stereocenters. The van der Waals surface area contributed by atoms with E-state index in [1.165, 1.54) is 0 Å². The van der Waals surface area contributed by atoms with E-state index >= 15 is 0 Å². The molecule has 2 atom stereocenters. The number of benzene rings is 3. The molecule has 0 saturated carbocycles. The fraction of sp³-hybridized carbons (Fsp3) is 0.227. The Morgan fingerprint density at radius 2 is 1.59 bits per heavy atom. The number of carbonyl (C=O) groups is 1. The van der Waals surface area contributed by atoms with Gasteiger partial charge in [0.2, 0.25) is 0 Å². The summed E-state index contributed by atoms with van der Waals surface area (Å²) in [5, 5.41) is 13.7. The molecule has 3 rings (SSSR count). The minimum atomic E-state index is -4.88. The molecule has 0 heterocycles. The quantitative estimate of drug-likeness (QED) is 0.632. The van der Waals surface area contributed by atoms with Crippen LogP contribution in [0.15, 0.2) is 72.8 Å². The summed E-state index contributed by atoms with van der Waals surface area (Å²) in [5.74, 6) is 0. The highest BCUT2D eigenvalue weighted by atomic mass is 19.4. The van der Waals surface area contributed by atoms with E-state index in [1.54, 1.807) is 48.5 Å². The van der Waals surface area contributed by atoms with Gasteiger partial charge in [-0.25, -0.2) is 4.79 Å². The number of ether oxygens (including phenoxy) is 1. The largest absolute Gasteiger partial charge is 0.445 e. The summed E-state index contributed by atoms with van der Waals surface area (Å²) >= 11 is 0. The number of alkyl carbamates (subject to hydrolysis) is 1. The standard InChI is InChI=1S/C22H20F3NO3/c23-22(24,25)20(27)19(26-21(28)29-14-15-6-2-1-3-7-15)13-16-10-11-17-8-4-5-9-18(17)12-16/h1-12,19-20,27H,13-14H2,(H,26,28). The van der Waals surface area contributed by atoms with Gasteiger partial charge >= 0.3 is 12.3 Å². The first-order valence-electron chi connectivity index (χ1n) is 9.02. The summed E-state index contributed by atoms with van der Waals surface area (Å²) in [6, 6.07) is 19.8. The SMILES string of the molecule is O=C(NC(Cc1ccc2ccccc2c1)C(O)C(F)(F)F)OCc1ccccc1. The average molecular weight is 403 g/mol. The number of aliphatic hydroxyl groups excluding tert-OH is 1. The molecule has 1 amide bonds. The zero-order valence-corrected chi connectivity index (χ0v) is 15.4. The van der Waals surface area contributed by atoms with Gasteiger partial charge in [0.15, 0.2) is 6.10 Å². The van der Waals surface area contributed by atoms with Gasteiger partial charge < -0.3 is 15.2 Å². The number of amides is 1. The molecule has 3 aromatic rings. The highest BCUT2D eigenvalue weighted by molar-refractivity contribution is 5.83. The van der Waals surface area contributed by atoms with Crippen molar-refractivity contribution in [3.63, 3.8) is 0 Å². The van der Waals surface area contributed by atoms with Crippen LogP contribution in [-0.4, -0.2) is 29.5 Å². The Morgan fingerprint density at radius 3 is 2.28 bits per heavy atom. The lowest BCUT2D eigenvalue weighted by Crippen LogP contribution is -2.51. The summed E-state index contributed by atoms with van der Waals surface area (Å²) in [6.07, 6.45) is -8.83. The smallest absolute Gasteiger partial charge is 0.416 e. The predicted octanol–water partition coefficient (Wildman–Crippen LogP) is 4.60. The second kappa shape index (κ2) is 8.96. The van der Waals surface area contributed by atoms with Crippen molar-refractivity contribution in [3.05, 3.63) is 83.9 Å². The minimum Gasteiger partial charge on any atom is -0.445 e. The Bertz CT molecular complexity index is 960. The van der Waals surface area contributed by atoms with Gasteiger partial charge in [-0.2, -0.15) is 13.2 Å². The van der Waals surface area contributed by atoms with Crippen LogP contribution >= 0.6 is 0 Å². The molecule has 0 radical (unpaired) electrons. The summed E-state index contributed by atoms with van der Waals surface area (Å²) in [7, 11) is 0. The molecule has 0 fully saturated rings. The van der Waals surface area contributed by atoms with Crippen LogP contribution in [0.25, 0.3) is 10.8 Å². The first-order chi connectivity index (χ1) is 13.8. The molecule has 4 nitrogen and oxygen atoms in total. The molecule has 0 aliphatic rings. The first kappa shape index (κ1) is 20.7. The van der Waals surface area contributed by atoms with E-state index < -0.39 is 24.4 Å². The van der Waals surface area contributed by atoms with Gasteiger partial charge in [0, 0.05) is 0 Å². The van der Waals surface area contributed by atoms with Crippen molar-refractivity contribution in [2.45, 2.75) is 31.3 Å². The number of halogens is 3. The molecule has 3 aromatic carbocycles. The van der Waals surface area contributed by atoms with Gasteiger partial charge in [-0.3, -0.25) is 0 Å². The topological polar surface area (TPSA) is 58.6 Å². The molecule has 0 spiro atoms. The highest BCUT2D eigenvalue weighted by Gasteiger charge is 2.44. The van der Waals surface area contributed by atoms with Gasteiger partial charge in [0.25, 0.3) is 0 Å². The number of hydrogen-bond acceptors (Lipinski definition) is 3. The van der Waals surface area contributed by atoms with Gasteiger partial charge in [0.1, 0.15) is 6.61 Å². The maximum absolute atomic E-state index is 13.1. The number of carbonyl (C=O) groups excluding carboxylic acids is 1. The van der Waals surface area contributed by atoms with Crippen molar-refractivity contribution in [2.24, 2.45) is 0 Å². The molecule has 29 heavy (non-hydrogen) atoms. The number of hydrogen-bond donors (Lipinski definition) is 2. The van der Waals surface area contributed by atoms with Crippen LogP contribution in [0.2, 0.25) is 0 Å². The lowest BCUT2D eigenvalue weighted by molar-refractivity contribution is -0.211. The van der Waals surface area contributed by atoms with E-state index in [2.05, 4.69) is 5.32 Å². The van der Waals surface area contributed by atoms with Crippen LogP contribution in [0, 0.1) is 0 Å². The molecular weight excluding hydrogens is 383 g/mol. The average Bonchev–Trinajstić information content (AvgIpc) is 2.71. The Kier molecular flexibility index (Phi) is 6.39. The predicted molar refractivity (Wildman–Crippen MR) is 103 cm³/mol. The number of aliphatic hydroxyl groups is 1. The molecule has 0 aromatic heterocycles. The van der Waals surface area contributed by atoms with Crippen LogP contribution in [0.4, 0.5) is 18.0 Å². The Labute approximate surface area is 165 Å². The van der Waals surface area contributed by atoms with Gasteiger partial charge in [-0.05, 0) is 28.3 Å². The van der Waals surface area contributed by atoms with Crippen molar-refractivity contribution in [3.8, 4) is 0 Å². The van der Waals surface area contributed by atoms with Crippen LogP contribution in [0.5, 0.6) is 0 Å². The summed E-state index contributed by atoms with van der Waals surface area (Å²) in [4.78, 5) is 12.0. The zero-order valence-electron chi connectivity index (χ0n) is 15.4. The van der Waals surface area contributed by atoms with Crippen molar-refractivity contribution < 1.29 is 27.8 Å². The van der Waals surface area contributed by atoms with Crippen LogP contribution < -0.4 is 5.32 Å². The molecule has 0 bridgehead atoms. The maximum Gasteiger partial charge on any atom is 0.416 e. The third-order valence-corrected chi connectivity index (χ3v) is 4.50. The number of fused-ring (bicyclic) bond motifs is 1. The summed E-state index contributed by atoms with van der Waals surface area (Å²) in [5.41, 5.74) is 1.26. The Hall–Kier alpha value is -3.06. The van der Waals surface area contributed by atoms with E-state index in [1.807, 2.05) is 24.3 Å². The monoisotopic (exact) mass is 403 g/mol. The van der Waals surface area contributed by atoms with E-state index in [-0.39, 0.29) is 13.0 Å². The fourth-order valence-electron chi connectivity index (χ4n) is 3.01. The highest BCUT2D eigenvalue weighted by Crippen LogP contribution is 2.25. The second-order valence-corrected chi connectivity index (χ2v) is 6.68. The molecule has 2 N–H and O–H groups in total. The van der Waals surface area contributed by atoms with Crippen LogP contribution in [0.3, 0.4) is 0 Å². The van der Waals surface area contributed by atoms with E-state index in [0.717, 1.165) is 10.8 Å². The zero-order chi connectivity index (χ0) is 20.9. The van der Waals surface area contributed by atoms with Gasteiger partial charge in [-0.15, -0.1) is 0 Å². The van der Waals surface area contributed by atoms with Crippen LogP contribution in [-0.2, 0) is 17.8 Å². The normalized spacial score (nSPS) is 13.7. The van der Waals surface area contributed by atoms with E-state index in [0.29, 0.717) is 11.1 Å². The van der Waals surface area contributed by atoms with E-state index in [4.69, 9.17) is 4.74 Å². The van der Waals surface area contributed by atoms with E-state index in [9.17, 15) is 23.1 Å².